The van der Waals surface area contributed by atoms with E-state index >= 15 is 0 Å². The van der Waals surface area contributed by atoms with Crippen molar-refractivity contribution in [2.75, 3.05) is 51.3 Å². The summed E-state index contributed by atoms with van der Waals surface area (Å²) in [5.74, 6) is 0.146. The Labute approximate surface area is 165 Å². The van der Waals surface area contributed by atoms with Crippen LogP contribution in [-0.4, -0.2) is 67.6 Å². The lowest BCUT2D eigenvalue weighted by atomic mass is 10.2. The summed E-state index contributed by atoms with van der Waals surface area (Å²) in [6.07, 6.45) is 1.72. The number of rotatable bonds is 6. The second kappa shape index (κ2) is 8.46. The molecule has 0 bridgehead atoms. The second-order valence-corrected chi connectivity index (χ2v) is 7.03. The van der Waals surface area contributed by atoms with Gasteiger partial charge in [-0.3, -0.25) is 9.89 Å². The summed E-state index contributed by atoms with van der Waals surface area (Å²) in [5.41, 5.74) is 3.71. The molecule has 1 aromatic heterocycles. The van der Waals surface area contributed by atoms with Crippen LogP contribution in [0.25, 0.3) is 10.9 Å². The summed E-state index contributed by atoms with van der Waals surface area (Å²) in [4.78, 5) is 12.4. The molecule has 6 nitrogen and oxygen atoms in total. The number of hydrogen-bond acceptors (Lipinski definition) is 5. The van der Waals surface area contributed by atoms with Crippen LogP contribution in [0.2, 0.25) is 0 Å². The number of hydrogen-bond donors (Lipinski definition) is 2. The van der Waals surface area contributed by atoms with Crippen molar-refractivity contribution in [1.29, 1.82) is 0 Å². The van der Waals surface area contributed by atoms with E-state index in [4.69, 9.17) is 4.74 Å². The monoisotopic (exact) mass is 378 g/mol. The first-order valence-electron chi connectivity index (χ1n) is 9.64. The minimum atomic E-state index is 0.146. The molecule has 0 saturated carbocycles. The molecular weight excluding hydrogens is 352 g/mol. The molecule has 1 aliphatic heterocycles. The van der Waals surface area contributed by atoms with E-state index in [0.717, 1.165) is 55.9 Å². The van der Waals surface area contributed by atoms with Gasteiger partial charge in [-0.25, -0.2) is 0 Å². The number of ether oxygens (including phenoxy) is 1. The van der Waals surface area contributed by atoms with Crippen LogP contribution in [0, 0.1) is 0 Å². The maximum Gasteiger partial charge on any atom is 0.198 e. The van der Waals surface area contributed by atoms with Crippen LogP contribution >= 0.6 is 0 Å². The van der Waals surface area contributed by atoms with Gasteiger partial charge in [-0.15, -0.1) is 0 Å². The zero-order valence-corrected chi connectivity index (χ0v) is 16.1. The Hall–Kier alpha value is -2.83. The minimum Gasteiger partial charge on any atom is -0.494 e. The number of anilines is 1. The van der Waals surface area contributed by atoms with E-state index in [1.807, 2.05) is 36.4 Å². The van der Waals surface area contributed by atoms with Crippen LogP contribution < -0.4 is 4.90 Å². The summed E-state index contributed by atoms with van der Waals surface area (Å²) in [7, 11) is 1.75. The number of H-pyrrole nitrogens is 1. The molecule has 1 saturated heterocycles. The second-order valence-electron chi connectivity index (χ2n) is 7.03. The Morgan fingerprint density at radius 3 is 2.57 bits per heavy atom. The molecule has 0 spiro atoms. The zero-order valence-electron chi connectivity index (χ0n) is 16.1. The van der Waals surface area contributed by atoms with Crippen LogP contribution in [0.15, 0.2) is 53.5 Å². The number of nitrogens with zero attached hydrogens (tertiary/aromatic N) is 3. The molecule has 0 amide bonds. The van der Waals surface area contributed by atoms with Gasteiger partial charge < -0.3 is 19.7 Å². The molecule has 1 aliphatic rings. The lowest BCUT2D eigenvalue weighted by Gasteiger charge is -2.36. The van der Waals surface area contributed by atoms with Crippen LogP contribution in [0.3, 0.4) is 0 Å². The molecule has 2 aromatic carbocycles. The molecule has 1 fully saturated rings. The normalized spacial score (nSPS) is 15.7. The van der Waals surface area contributed by atoms with Crippen molar-refractivity contribution in [2.45, 2.75) is 0 Å². The Morgan fingerprint density at radius 2 is 1.82 bits per heavy atom. The summed E-state index contributed by atoms with van der Waals surface area (Å²) < 4.78 is 5.16. The number of aromatic amines is 1. The van der Waals surface area contributed by atoms with Crippen molar-refractivity contribution in [1.82, 2.24) is 9.88 Å². The number of methoxy groups -OCH3 is 1. The highest BCUT2D eigenvalue weighted by atomic mass is 16.5. The molecule has 2 N–H and O–H groups in total. The van der Waals surface area contributed by atoms with Gasteiger partial charge in [0.05, 0.1) is 17.9 Å². The van der Waals surface area contributed by atoms with E-state index < -0.39 is 0 Å². The molecule has 146 valence electrons. The van der Waals surface area contributed by atoms with Gasteiger partial charge in [0.25, 0.3) is 0 Å². The van der Waals surface area contributed by atoms with Gasteiger partial charge in [-0.2, -0.15) is 0 Å². The number of fused-ring (bicyclic) bond motifs is 1. The lowest BCUT2D eigenvalue weighted by molar-refractivity contribution is 0.144. The summed E-state index contributed by atoms with van der Waals surface area (Å²) in [6.45, 7) is 5.95. The van der Waals surface area contributed by atoms with Crippen molar-refractivity contribution in [3.05, 3.63) is 54.1 Å². The Morgan fingerprint density at radius 1 is 1.07 bits per heavy atom. The number of aromatic hydroxyl groups is 1. The van der Waals surface area contributed by atoms with E-state index in [0.29, 0.717) is 5.56 Å². The highest BCUT2D eigenvalue weighted by Gasteiger charge is 2.16. The Kier molecular flexibility index (Phi) is 5.60. The zero-order chi connectivity index (χ0) is 19.3. The van der Waals surface area contributed by atoms with Gasteiger partial charge in [0.1, 0.15) is 0 Å². The molecule has 28 heavy (non-hydrogen) atoms. The van der Waals surface area contributed by atoms with Crippen LogP contribution in [0.1, 0.15) is 5.56 Å². The number of piperazine rings is 1. The van der Waals surface area contributed by atoms with Gasteiger partial charge in [-0.05, 0) is 30.3 Å². The van der Waals surface area contributed by atoms with Gasteiger partial charge in [0.15, 0.2) is 5.88 Å². The average molecular weight is 378 g/mol. The molecule has 2 heterocycles. The van der Waals surface area contributed by atoms with E-state index in [1.165, 1.54) is 5.69 Å². The largest absolute Gasteiger partial charge is 0.494 e. The number of nitrogens with one attached hydrogen (secondary N) is 1. The summed E-state index contributed by atoms with van der Waals surface area (Å²) in [6, 6.07) is 16.1. The van der Waals surface area contributed by atoms with Crippen molar-refractivity contribution < 1.29 is 9.84 Å². The fourth-order valence-corrected chi connectivity index (χ4v) is 3.62. The highest BCUT2D eigenvalue weighted by molar-refractivity contribution is 6.02. The fraction of sp³-hybridized carbons (Fsp3) is 0.318. The molecule has 6 heteroatoms. The predicted molar refractivity (Wildman–Crippen MR) is 114 cm³/mol. The van der Waals surface area contributed by atoms with Crippen LogP contribution in [0.5, 0.6) is 5.88 Å². The predicted octanol–water partition coefficient (Wildman–Crippen LogP) is 3.39. The first-order valence-corrected chi connectivity index (χ1v) is 9.64. The SMILES string of the molecule is COCCN1CCN(c2ccc(N=Cc3c(O)[nH]c4ccccc34)cc2)CC1. The molecule has 0 unspecified atom stereocenters. The van der Waals surface area contributed by atoms with Crippen LogP contribution in [-0.2, 0) is 4.74 Å². The lowest BCUT2D eigenvalue weighted by Crippen LogP contribution is -2.47. The van der Waals surface area contributed by atoms with E-state index in [-0.39, 0.29) is 5.88 Å². The highest BCUT2D eigenvalue weighted by Crippen LogP contribution is 2.26. The maximum absolute atomic E-state index is 10.1. The molecule has 0 aliphatic carbocycles. The van der Waals surface area contributed by atoms with Crippen molar-refractivity contribution >= 4 is 28.5 Å². The first kappa shape index (κ1) is 18.5. The van der Waals surface area contributed by atoms with Crippen molar-refractivity contribution in [3.63, 3.8) is 0 Å². The molecule has 4 rings (SSSR count). The van der Waals surface area contributed by atoms with E-state index in [1.54, 1.807) is 13.3 Å². The number of para-hydroxylation sites is 1. The fourth-order valence-electron chi connectivity index (χ4n) is 3.62. The standard InChI is InChI=1S/C22H26N4O2/c1-28-15-14-25-10-12-26(13-11-25)18-8-6-17(7-9-18)23-16-20-19-4-2-3-5-21(19)24-22(20)27/h2-9,16,24,27H,10-15H2,1H3. The van der Waals surface area contributed by atoms with Gasteiger partial charge in [0, 0.05) is 62.6 Å². The van der Waals surface area contributed by atoms with Crippen molar-refractivity contribution in [3.8, 4) is 5.88 Å². The summed E-state index contributed by atoms with van der Waals surface area (Å²) in [5, 5.41) is 11.1. The Bertz CT molecular complexity index is 941. The molecule has 0 radical (unpaired) electrons. The minimum absolute atomic E-state index is 0.146. The van der Waals surface area contributed by atoms with Gasteiger partial charge >= 0.3 is 0 Å². The number of benzene rings is 2. The molecular formula is C22H26N4O2. The third-order valence-electron chi connectivity index (χ3n) is 5.27. The third-order valence-corrected chi connectivity index (χ3v) is 5.27. The van der Waals surface area contributed by atoms with E-state index in [9.17, 15) is 5.11 Å². The topological polar surface area (TPSA) is 64.1 Å². The maximum atomic E-state index is 10.1. The summed E-state index contributed by atoms with van der Waals surface area (Å²) >= 11 is 0. The number of aromatic nitrogens is 1. The number of aliphatic imine (C=N–C) groups is 1. The van der Waals surface area contributed by atoms with Gasteiger partial charge in [0.2, 0.25) is 0 Å². The first-order chi connectivity index (χ1) is 13.7. The Balaban J connectivity index is 1.41. The third kappa shape index (κ3) is 4.03. The van der Waals surface area contributed by atoms with Crippen molar-refractivity contribution in [2.24, 2.45) is 4.99 Å². The van der Waals surface area contributed by atoms with Crippen LogP contribution in [0.4, 0.5) is 11.4 Å². The smallest absolute Gasteiger partial charge is 0.198 e. The quantitative estimate of drug-likeness (QED) is 0.646. The van der Waals surface area contributed by atoms with E-state index in [2.05, 4.69) is 31.9 Å². The van der Waals surface area contributed by atoms with Gasteiger partial charge in [-0.1, -0.05) is 18.2 Å². The molecule has 3 aromatic rings. The average Bonchev–Trinajstić information content (AvgIpc) is 3.06. The molecule has 0 atom stereocenters.